The SMILES string of the molecule is [2H]CCOC[C@H]1OC(n2cc(/C=C/Br)c(=O)[nH]c2=O)[C@@H](O)[C@@H]1O. The van der Waals surface area contributed by atoms with Crippen molar-refractivity contribution in [1.82, 2.24) is 9.55 Å². The maximum atomic E-state index is 11.9. The first-order chi connectivity index (χ1) is 11.0. The van der Waals surface area contributed by atoms with Crippen molar-refractivity contribution in [2.24, 2.45) is 0 Å². The lowest BCUT2D eigenvalue weighted by Crippen LogP contribution is -2.38. The predicted octanol–water partition coefficient (Wildman–Crippen LogP) is -0.442. The number of hydrogen-bond donors (Lipinski definition) is 3. The van der Waals surface area contributed by atoms with E-state index < -0.39 is 35.8 Å². The molecule has 0 aromatic carbocycles. The van der Waals surface area contributed by atoms with Gasteiger partial charge in [-0.1, -0.05) is 15.9 Å². The lowest BCUT2D eigenvalue weighted by atomic mass is 10.1. The Labute approximate surface area is 135 Å². The van der Waals surface area contributed by atoms with Crippen molar-refractivity contribution in [1.29, 1.82) is 0 Å². The number of aliphatic hydroxyl groups excluding tert-OH is 2. The number of nitrogens with zero attached hydrogens (tertiary/aromatic N) is 1. The van der Waals surface area contributed by atoms with E-state index in [1.54, 1.807) is 0 Å². The first-order valence-corrected chi connectivity index (χ1v) is 7.42. The van der Waals surface area contributed by atoms with Crippen LogP contribution in [-0.2, 0) is 9.47 Å². The molecule has 3 N–H and O–H groups in total. The van der Waals surface area contributed by atoms with Crippen LogP contribution in [0, 0.1) is 0 Å². The fraction of sp³-hybridized carbons (Fsp3) is 0.538. The van der Waals surface area contributed by atoms with Gasteiger partial charge in [0.1, 0.15) is 18.3 Å². The normalized spacial score (nSPS) is 29.1. The van der Waals surface area contributed by atoms with E-state index in [-0.39, 0.29) is 25.7 Å². The van der Waals surface area contributed by atoms with Crippen LogP contribution in [0.2, 0.25) is 0 Å². The number of hydrogen-bond acceptors (Lipinski definition) is 6. The zero-order valence-electron chi connectivity index (χ0n) is 12.5. The second kappa shape index (κ2) is 7.34. The molecular formula is C13H17BrN2O6. The van der Waals surface area contributed by atoms with E-state index in [1.807, 2.05) is 0 Å². The largest absolute Gasteiger partial charge is 0.387 e. The van der Waals surface area contributed by atoms with Gasteiger partial charge in [0.05, 0.1) is 12.2 Å². The van der Waals surface area contributed by atoms with Gasteiger partial charge < -0.3 is 19.7 Å². The molecule has 1 aromatic rings. The molecule has 0 spiro atoms. The summed E-state index contributed by atoms with van der Waals surface area (Å²) < 4.78 is 18.6. The number of aliphatic hydroxyl groups is 2. The summed E-state index contributed by atoms with van der Waals surface area (Å²) in [5.74, 6) is 0. The number of H-pyrrole nitrogens is 1. The Balaban J connectivity index is 2.26. The standard InChI is InChI=1S/C13H17BrN2O6/c1-2-21-6-8-9(17)10(18)12(22-8)16-5-7(3-4-14)11(19)15-13(16)20/h3-5,8-10,12,17-18H,2,6H2,1H3,(H,15,19,20)/b4-3+/t8-,9-,10+,12?/m1/s1/i1D. The summed E-state index contributed by atoms with van der Waals surface area (Å²) in [5, 5.41) is 20.1. The van der Waals surface area contributed by atoms with E-state index in [9.17, 15) is 19.8 Å². The van der Waals surface area contributed by atoms with Gasteiger partial charge in [-0.2, -0.15) is 0 Å². The van der Waals surface area contributed by atoms with Gasteiger partial charge in [0.2, 0.25) is 0 Å². The van der Waals surface area contributed by atoms with Gasteiger partial charge in [-0.15, -0.1) is 0 Å². The summed E-state index contributed by atoms with van der Waals surface area (Å²) in [6.45, 7) is 0.225. The zero-order chi connectivity index (χ0) is 17.0. The minimum absolute atomic E-state index is 0.0140. The molecule has 1 aliphatic heterocycles. The van der Waals surface area contributed by atoms with Gasteiger partial charge in [0.15, 0.2) is 6.23 Å². The number of nitrogens with one attached hydrogen (secondary N) is 1. The fourth-order valence-corrected chi connectivity index (χ4v) is 2.46. The monoisotopic (exact) mass is 377 g/mol. The van der Waals surface area contributed by atoms with E-state index in [2.05, 4.69) is 20.9 Å². The van der Waals surface area contributed by atoms with Gasteiger partial charge in [-0.05, 0) is 18.0 Å². The molecule has 1 fully saturated rings. The molecule has 0 saturated carbocycles. The Kier molecular flexibility index (Phi) is 5.21. The quantitative estimate of drug-likeness (QED) is 0.599. The lowest BCUT2D eigenvalue weighted by Gasteiger charge is -2.17. The third-order valence-electron chi connectivity index (χ3n) is 3.28. The highest BCUT2D eigenvalue weighted by Gasteiger charge is 2.44. The third-order valence-corrected chi connectivity index (χ3v) is 3.54. The predicted molar refractivity (Wildman–Crippen MR) is 81.7 cm³/mol. The molecule has 0 aliphatic carbocycles. The van der Waals surface area contributed by atoms with Crippen molar-refractivity contribution in [2.45, 2.75) is 31.4 Å². The smallest absolute Gasteiger partial charge is 0.330 e. The van der Waals surface area contributed by atoms with Gasteiger partial charge in [-0.3, -0.25) is 14.3 Å². The average molecular weight is 378 g/mol. The first kappa shape index (κ1) is 15.6. The molecule has 1 unspecified atom stereocenters. The molecule has 0 radical (unpaired) electrons. The highest BCUT2D eigenvalue weighted by atomic mass is 79.9. The summed E-state index contributed by atoms with van der Waals surface area (Å²) in [7, 11) is 0. The number of aromatic nitrogens is 2. The van der Waals surface area contributed by atoms with Crippen LogP contribution in [0.4, 0.5) is 0 Å². The van der Waals surface area contributed by atoms with Crippen molar-refractivity contribution < 1.29 is 21.1 Å². The molecule has 1 aliphatic rings. The second-order valence-corrected chi connectivity index (χ2v) is 5.19. The molecule has 122 valence electrons. The molecule has 1 aromatic heterocycles. The highest BCUT2D eigenvalue weighted by Crippen LogP contribution is 2.28. The van der Waals surface area contributed by atoms with Gasteiger partial charge in [0, 0.05) is 14.2 Å². The molecule has 4 atom stereocenters. The Morgan fingerprint density at radius 1 is 1.55 bits per heavy atom. The maximum absolute atomic E-state index is 11.9. The van der Waals surface area contributed by atoms with E-state index in [0.717, 1.165) is 4.57 Å². The van der Waals surface area contributed by atoms with E-state index in [4.69, 9.17) is 10.8 Å². The Bertz CT molecular complexity index is 675. The van der Waals surface area contributed by atoms with E-state index in [0.29, 0.717) is 0 Å². The van der Waals surface area contributed by atoms with Crippen LogP contribution in [0.15, 0.2) is 20.8 Å². The van der Waals surface area contributed by atoms with Gasteiger partial charge in [-0.25, -0.2) is 4.79 Å². The molecule has 2 heterocycles. The van der Waals surface area contributed by atoms with Crippen LogP contribution in [0.25, 0.3) is 6.08 Å². The Morgan fingerprint density at radius 2 is 2.32 bits per heavy atom. The van der Waals surface area contributed by atoms with Crippen molar-refractivity contribution in [3.63, 3.8) is 0 Å². The molecule has 0 bridgehead atoms. The van der Waals surface area contributed by atoms with Crippen LogP contribution >= 0.6 is 15.9 Å². The van der Waals surface area contributed by atoms with Crippen molar-refractivity contribution in [3.8, 4) is 0 Å². The van der Waals surface area contributed by atoms with Crippen molar-refractivity contribution in [3.05, 3.63) is 37.6 Å². The van der Waals surface area contributed by atoms with Crippen LogP contribution < -0.4 is 11.2 Å². The minimum Gasteiger partial charge on any atom is -0.387 e. The number of ether oxygens (including phenoxy) is 2. The van der Waals surface area contributed by atoms with Crippen molar-refractivity contribution in [2.75, 3.05) is 13.2 Å². The summed E-state index contributed by atoms with van der Waals surface area (Å²) in [4.78, 5) is 27.2. The first-order valence-electron chi connectivity index (χ1n) is 7.21. The van der Waals surface area contributed by atoms with Crippen LogP contribution in [0.1, 0.15) is 20.1 Å². The molecule has 9 heteroatoms. The molecule has 1 saturated heterocycles. The minimum atomic E-state index is -1.36. The molecule has 8 nitrogen and oxygen atoms in total. The number of halogens is 1. The van der Waals surface area contributed by atoms with E-state index in [1.165, 1.54) is 17.3 Å². The van der Waals surface area contributed by atoms with Gasteiger partial charge in [0.25, 0.3) is 5.56 Å². The van der Waals surface area contributed by atoms with Crippen molar-refractivity contribution >= 4 is 22.0 Å². The summed E-state index contributed by atoms with van der Waals surface area (Å²) >= 11 is 3.04. The lowest BCUT2D eigenvalue weighted by molar-refractivity contribution is -0.0669. The molecule has 0 amide bonds. The Morgan fingerprint density at radius 3 is 3.00 bits per heavy atom. The summed E-state index contributed by atoms with van der Waals surface area (Å²) in [5.41, 5.74) is -1.16. The Hall–Kier alpha value is -1.26. The molecule has 22 heavy (non-hydrogen) atoms. The van der Waals surface area contributed by atoms with E-state index >= 15 is 0 Å². The molecular weight excluding hydrogens is 360 g/mol. The van der Waals surface area contributed by atoms with Gasteiger partial charge >= 0.3 is 5.69 Å². The third kappa shape index (κ3) is 3.39. The highest BCUT2D eigenvalue weighted by molar-refractivity contribution is 9.11. The molecule has 2 rings (SSSR count). The van der Waals surface area contributed by atoms with Crippen LogP contribution in [0.3, 0.4) is 0 Å². The van der Waals surface area contributed by atoms with Crippen LogP contribution in [-0.4, -0.2) is 51.3 Å². The summed E-state index contributed by atoms with van der Waals surface area (Å²) in [6, 6.07) is 0. The maximum Gasteiger partial charge on any atom is 0.330 e. The summed E-state index contributed by atoms with van der Waals surface area (Å²) in [6.07, 6.45) is -1.92. The second-order valence-electron chi connectivity index (χ2n) is 4.66. The fourth-order valence-electron chi connectivity index (χ4n) is 2.17. The average Bonchev–Trinajstić information content (AvgIpc) is 2.79. The zero-order valence-corrected chi connectivity index (χ0v) is 13.1. The van der Waals surface area contributed by atoms with Crippen LogP contribution in [0.5, 0.6) is 0 Å². The number of rotatable bonds is 5. The topological polar surface area (TPSA) is 114 Å². The number of aromatic amines is 1.